The number of esters is 1. The third-order valence-electron chi connectivity index (χ3n) is 4.85. The summed E-state index contributed by atoms with van der Waals surface area (Å²) in [5.41, 5.74) is 1.07. The second-order valence-electron chi connectivity index (χ2n) is 7.40. The van der Waals surface area contributed by atoms with E-state index in [0.29, 0.717) is 0 Å². The lowest BCUT2D eigenvalue weighted by Gasteiger charge is -2.25. The first-order chi connectivity index (χ1) is 13.3. The summed E-state index contributed by atoms with van der Waals surface area (Å²) < 4.78 is 4.82. The van der Waals surface area contributed by atoms with Gasteiger partial charge in [-0.2, -0.15) is 0 Å². The van der Waals surface area contributed by atoms with Crippen LogP contribution in [0.15, 0.2) is 60.7 Å². The highest BCUT2D eigenvalue weighted by molar-refractivity contribution is 7.00. The summed E-state index contributed by atoms with van der Waals surface area (Å²) in [6.45, 7) is 6.63. The number of rotatable bonds is 9. The highest BCUT2D eigenvalue weighted by Gasteiger charge is 2.27. The van der Waals surface area contributed by atoms with Crippen LogP contribution in [0.25, 0.3) is 6.08 Å². The molecule has 0 fully saturated rings. The molecule has 2 N–H and O–H groups in total. The van der Waals surface area contributed by atoms with Gasteiger partial charge in [-0.05, 0) is 17.7 Å². The fourth-order valence-electron chi connectivity index (χ4n) is 3.29. The molecule has 28 heavy (non-hydrogen) atoms. The SMILES string of the molecule is CCOC(=O)CC(O)CC(O)C=Cc1ccccc1[Si](C)(C)c1ccccc1. The van der Waals surface area contributed by atoms with Crippen molar-refractivity contribution < 1.29 is 19.7 Å². The van der Waals surface area contributed by atoms with Crippen molar-refractivity contribution in [3.8, 4) is 0 Å². The van der Waals surface area contributed by atoms with E-state index in [-0.39, 0.29) is 19.4 Å². The van der Waals surface area contributed by atoms with Crippen LogP contribution in [-0.2, 0) is 9.53 Å². The van der Waals surface area contributed by atoms with Crippen LogP contribution in [0.1, 0.15) is 25.3 Å². The number of aliphatic hydroxyl groups is 2. The smallest absolute Gasteiger partial charge is 0.308 e. The van der Waals surface area contributed by atoms with E-state index in [0.717, 1.165) is 5.56 Å². The van der Waals surface area contributed by atoms with Gasteiger partial charge in [0.1, 0.15) is 8.07 Å². The van der Waals surface area contributed by atoms with Crippen molar-refractivity contribution in [3.05, 3.63) is 66.2 Å². The molecule has 2 aromatic rings. The van der Waals surface area contributed by atoms with Crippen molar-refractivity contribution in [2.24, 2.45) is 0 Å². The predicted octanol–water partition coefficient (Wildman–Crippen LogP) is 2.59. The molecule has 2 unspecified atom stereocenters. The number of hydrogen-bond acceptors (Lipinski definition) is 4. The van der Waals surface area contributed by atoms with E-state index in [1.807, 2.05) is 30.3 Å². The van der Waals surface area contributed by atoms with Gasteiger partial charge in [-0.15, -0.1) is 0 Å². The summed E-state index contributed by atoms with van der Waals surface area (Å²) in [5.74, 6) is -0.452. The van der Waals surface area contributed by atoms with Crippen molar-refractivity contribution in [2.45, 2.75) is 45.1 Å². The van der Waals surface area contributed by atoms with Crippen molar-refractivity contribution in [1.82, 2.24) is 0 Å². The number of carbonyl (C=O) groups excluding carboxylic acids is 1. The number of hydrogen-bond donors (Lipinski definition) is 2. The molecule has 0 aliphatic carbocycles. The third kappa shape index (κ3) is 6.16. The van der Waals surface area contributed by atoms with Crippen molar-refractivity contribution in [3.63, 3.8) is 0 Å². The number of benzene rings is 2. The average molecular weight is 399 g/mol. The van der Waals surface area contributed by atoms with Crippen LogP contribution in [0.5, 0.6) is 0 Å². The topological polar surface area (TPSA) is 66.8 Å². The molecule has 0 aromatic heterocycles. The van der Waals surface area contributed by atoms with Crippen LogP contribution in [0, 0.1) is 0 Å². The zero-order valence-corrected chi connectivity index (χ0v) is 17.8. The fourth-order valence-corrected chi connectivity index (χ4v) is 6.03. The van der Waals surface area contributed by atoms with Gasteiger partial charge in [0.15, 0.2) is 0 Å². The molecule has 0 saturated carbocycles. The summed E-state index contributed by atoms with van der Waals surface area (Å²) in [5, 5.41) is 22.8. The van der Waals surface area contributed by atoms with Gasteiger partial charge < -0.3 is 14.9 Å². The zero-order chi connectivity index (χ0) is 20.6. The maximum atomic E-state index is 11.4. The van der Waals surface area contributed by atoms with Crippen LogP contribution in [0.4, 0.5) is 0 Å². The highest BCUT2D eigenvalue weighted by Crippen LogP contribution is 2.12. The Hall–Kier alpha value is -2.21. The van der Waals surface area contributed by atoms with Crippen molar-refractivity contribution in [1.29, 1.82) is 0 Å². The lowest BCUT2D eigenvalue weighted by Crippen LogP contribution is -2.53. The molecule has 4 nitrogen and oxygen atoms in total. The molecule has 0 amide bonds. The Morgan fingerprint density at radius 2 is 1.71 bits per heavy atom. The van der Waals surface area contributed by atoms with E-state index in [2.05, 4.69) is 43.4 Å². The minimum absolute atomic E-state index is 0.0942. The summed E-state index contributed by atoms with van der Waals surface area (Å²) in [6.07, 6.45) is 1.82. The second kappa shape index (κ2) is 10.4. The van der Waals surface area contributed by atoms with Gasteiger partial charge in [0, 0.05) is 6.42 Å². The Morgan fingerprint density at radius 1 is 1.07 bits per heavy atom. The van der Waals surface area contributed by atoms with Gasteiger partial charge in [0.2, 0.25) is 0 Å². The molecule has 2 atom stereocenters. The summed E-state index contributed by atoms with van der Waals surface area (Å²) in [7, 11) is -1.88. The van der Waals surface area contributed by atoms with Gasteiger partial charge >= 0.3 is 5.97 Å². The van der Waals surface area contributed by atoms with E-state index in [9.17, 15) is 15.0 Å². The molecule has 5 heteroatoms. The largest absolute Gasteiger partial charge is 0.466 e. The maximum absolute atomic E-state index is 11.4. The Morgan fingerprint density at radius 3 is 2.39 bits per heavy atom. The third-order valence-corrected chi connectivity index (χ3v) is 8.43. The minimum atomic E-state index is -1.88. The van der Waals surface area contributed by atoms with E-state index in [1.54, 1.807) is 13.0 Å². The maximum Gasteiger partial charge on any atom is 0.308 e. The average Bonchev–Trinajstić information content (AvgIpc) is 2.67. The van der Waals surface area contributed by atoms with E-state index < -0.39 is 26.3 Å². The van der Waals surface area contributed by atoms with Gasteiger partial charge in [0.05, 0.1) is 25.2 Å². The van der Waals surface area contributed by atoms with Crippen molar-refractivity contribution >= 4 is 30.5 Å². The van der Waals surface area contributed by atoms with Crippen LogP contribution in [-0.4, -0.2) is 43.1 Å². The van der Waals surface area contributed by atoms with Crippen LogP contribution in [0.3, 0.4) is 0 Å². The molecule has 0 spiro atoms. The molecule has 2 rings (SSSR count). The standard InChI is InChI=1S/C23H30O4Si/c1-4-27-23(26)17-20(25)16-19(24)15-14-18-10-8-9-13-22(18)28(2,3)21-11-6-5-7-12-21/h5-15,19-20,24-25H,4,16-17H2,1-3H3. The molecule has 0 aliphatic heterocycles. The lowest BCUT2D eigenvalue weighted by molar-refractivity contribution is -0.145. The van der Waals surface area contributed by atoms with Gasteiger partial charge in [-0.1, -0.05) is 85.0 Å². The first kappa shape index (κ1) is 22.1. The molecule has 0 heterocycles. The molecule has 150 valence electrons. The van der Waals surface area contributed by atoms with Crippen LogP contribution < -0.4 is 10.4 Å². The Bertz CT molecular complexity index is 786. The first-order valence-electron chi connectivity index (χ1n) is 9.69. The first-order valence-corrected chi connectivity index (χ1v) is 12.7. The molecular formula is C23H30O4Si. The minimum Gasteiger partial charge on any atom is -0.466 e. The van der Waals surface area contributed by atoms with E-state index >= 15 is 0 Å². The summed E-state index contributed by atoms with van der Waals surface area (Å²) in [4.78, 5) is 11.4. The van der Waals surface area contributed by atoms with E-state index in [4.69, 9.17) is 4.74 Å². The molecule has 0 bridgehead atoms. The zero-order valence-electron chi connectivity index (χ0n) is 16.8. The molecule has 0 radical (unpaired) electrons. The fraction of sp³-hybridized carbons (Fsp3) is 0.348. The van der Waals surface area contributed by atoms with Crippen LogP contribution in [0.2, 0.25) is 13.1 Å². The lowest BCUT2D eigenvalue weighted by atomic mass is 10.1. The molecular weight excluding hydrogens is 368 g/mol. The monoisotopic (exact) mass is 398 g/mol. The number of ether oxygens (including phenoxy) is 1. The van der Waals surface area contributed by atoms with Gasteiger partial charge in [-0.3, -0.25) is 4.79 Å². The Labute approximate surface area is 168 Å². The van der Waals surface area contributed by atoms with Crippen molar-refractivity contribution in [2.75, 3.05) is 6.61 Å². The Balaban J connectivity index is 2.11. The highest BCUT2D eigenvalue weighted by atomic mass is 28.3. The summed E-state index contributed by atoms with van der Waals surface area (Å²) >= 11 is 0. The predicted molar refractivity (Wildman–Crippen MR) is 117 cm³/mol. The van der Waals surface area contributed by atoms with E-state index in [1.165, 1.54) is 10.4 Å². The quantitative estimate of drug-likeness (QED) is 0.503. The molecule has 0 aliphatic rings. The van der Waals surface area contributed by atoms with Gasteiger partial charge in [0.25, 0.3) is 0 Å². The normalized spacial score (nSPS) is 14.0. The second-order valence-corrected chi connectivity index (χ2v) is 11.8. The van der Waals surface area contributed by atoms with Gasteiger partial charge in [-0.25, -0.2) is 0 Å². The molecule has 2 aromatic carbocycles. The molecule has 0 saturated heterocycles. The van der Waals surface area contributed by atoms with Crippen LogP contribution >= 0.6 is 0 Å². The number of aliphatic hydroxyl groups excluding tert-OH is 2. The Kier molecular flexibility index (Phi) is 8.17. The number of carbonyl (C=O) groups is 1. The summed E-state index contributed by atoms with van der Waals surface area (Å²) in [6, 6.07) is 18.7.